The minimum atomic E-state index is -4.30. The number of aromatic nitrogens is 3. The molecule has 4 nitrogen and oxygen atoms in total. The van der Waals surface area contributed by atoms with Gasteiger partial charge >= 0.3 is 6.18 Å². The smallest absolute Gasteiger partial charge is 0.393 e. The van der Waals surface area contributed by atoms with Gasteiger partial charge in [0, 0.05) is 18.6 Å². The molecule has 0 atom stereocenters. The van der Waals surface area contributed by atoms with Crippen LogP contribution in [-0.4, -0.2) is 21.1 Å². The molecule has 0 bridgehead atoms. The molecule has 8 heteroatoms. The molecule has 3 heterocycles. The molecule has 0 aromatic carbocycles. The van der Waals surface area contributed by atoms with Crippen molar-refractivity contribution in [2.24, 2.45) is 0 Å². The van der Waals surface area contributed by atoms with E-state index in [4.69, 9.17) is 16.0 Å². The quantitative estimate of drug-likeness (QED) is 0.716. The summed E-state index contributed by atoms with van der Waals surface area (Å²) in [6, 6.07) is 2.90. The predicted octanol–water partition coefficient (Wildman–Crippen LogP) is 4.04. The van der Waals surface area contributed by atoms with Gasteiger partial charge in [0.1, 0.15) is 5.52 Å². The van der Waals surface area contributed by atoms with Crippen LogP contribution in [0.3, 0.4) is 0 Å². The topological polar surface area (TPSA) is 51.8 Å². The first-order chi connectivity index (χ1) is 9.92. The lowest BCUT2D eigenvalue weighted by Crippen LogP contribution is -2.11. The average molecular weight is 314 g/mol. The standard InChI is InChI=1S/C13H7ClF3N3O/c14-9-6-18-2-1-8(9)11-20-10-3-7(4-13(15,16)17)5-19-12(10)21-11/h1-3,5-6H,4H2. The van der Waals surface area contributed by atoms with Crippen molar-refractivity contribution in [1.82, 2.24) is 15.0 Å². The highest BCUT2D eigenvalue weighted by Gasteiger charge is 2.28. The molecule has 0 fully saturated rings. The van der Waals surface area contributed by atoms with Crippen LogP contribution in [0.1, 0.15) is 5.56 Å². The molecule has 3 aromatic heterocycles. The van der Waals surface area contributed by atoms with Gasteiger partial charge in [0.25, 0.3) is 0 Å². The molecule has 0 N–H and O–H groups in total. The second-order valence-corrected chi connectivity index (χ2v) is 4.74. The lowest BCUT2D eigenvalue weighted by Gasteiger charge is -2.04. The fourth-order valence-corrected chi connectivity index (χ4v) is 2.06. The van der Waals surface area contributed by atoms with E-state index in [-0.39, 0.29) is 22.7 Å². The van der Waals surface area contributed by atoms with Gasteiger partial charge in [0.05, 0.1) is 17.0 Å². The molecular formula is C13H7ClF3N3O. The number of oxazole rings is 1. The summed E-state index contributed by atoms with van der Waals surface area (Å²) in [6.45, 7) is 0. The highest BCUT2D eigenvalue weighted by atomic mass is 35.5. The van der Waals surface area contributed by atoms with E-state index in [9.17, 15) is 13.2 Å². The fourth-order valence-electron chi connectivity index (χ4n) is 1.86. The lowest BCUT2D eigenvalue weighted by molar-refractivity contribution is -0.127. The number of pyridine rings is 2. The Balaban J connectivity index is 2.03. The van der Waals surface area contributed by atoms with E-state index in [1.807, 2.05) is 0 Å². The normalized spacial score (nSPS) is 12.0. The van der Waals surface area contributed by atoms with Gasteiger partial charge in [-0.25, -0.2) is 9.97 Å². The Morgan fingerprint density at radius 2 is 2.05 bits per heavy atom. The van der Waals surface area contributed by atoms with E-state index < -0.39 is 12.6 Å². The van der Waals surface area contributed by atoms with Gasteiger partial charge in [-0.15, -0.1) is 0 Å². The molecular weight excluding hydrogens is 307 g/mol. The van der Waals surface area contributed by atoms with Crippen molar-refractivity contribution in [3.63, 3.8) is 0 Å². The van der Waals surface area contributed by atoms with Crippen molar-refractivity contribution in [1.29, 1.82) is 0 Å². The zero-order valence-electron chi connectivity index (χ0n) is 10.4. The highest BCUT2D eigenvalue weighted by Crippen LogP contribution is 2.29. The second-order valence-electron chi connectivity index (χ2n) is 4.33. The number of nitrogens with zero attached hydrogens (tertiary/aromatic N) is 3. The van der Waals surface area contributed by atoms with Crippen LogP contribution < -0.4 is 0 Å². The Kier molecular flexibility index (Phi) is 3.29. The van der Waals surface area contributed by atoms with Gasteiger partial charge in [-0.3, -0.25) is 4.98 Å². The number of alkyl halides is 3. The third-order valence-electron chi connectivity index (χ3n) is 2.71. The van der Waals surface area contributed by atoms with Crippen LogP contribution >= 0.6 is 11.6 Å². The van der Waals surface area contributed by atoms with E-state index in [0.29, 0.717) is 10.6 Å². The molecule has 21 heavy (non-hydrogen) atoms. The van der Waals surface area contributed by atoms with Gasteiger partial charge < -0.3 is 4.42 Å². The van der Waals surface area contributed by atoms with Crippen molar-refractivity contribution >= 4 is 22.8 Å². The Hall–Kier alpha value is -2.15. The summed E-state index contributed by atoms with van der Waals surface area (Å²) < 4.78 is 42.5. The Morgan fingerprint density at radius 3 is 2.76 bits per heavy atom. The van der Waals surface area contributed by atoms with Crippen LogP contribution in [0.25, 0.3) is 22.7 Å². The predicted molar refractivity (Wildman–Crippen MR) is 69.8 cm³/mol. The summed E-state index contributed by atoms with van der Waals surface area (Å²) in [5.41, 5.74) is 0.932. The Bertz CT molecular complexity index is 801. The van der Waals surface area contributed by atoms with Crippen molar-refractivity contribution in [3.05, 3.63) is 41.3 Å². The summed E-state index contributed by atoms with van der Waals surface area (Å²) in [4.78, 5) is 11.8. The first kappa shape index (κ1) is 13.8. The third-order valence-corrected chi connectivity index (χ3v) is 3.01. The minimum Gasteiger partial charge on any atom is -0.418 e. The first-order valence-electron chi connectivity index (χ1n) is 5.84. The van der Waals surface area contributed by atoms with Crippen LogP contribution in [0.5, 0.6) is 0 Å². The van der Waals surface area contributed by atoms with Gasteiger partial charge in [0.2, 0.25) is 11.6 Å². The molecule has 3 rings (SSSR count). The maximum absolute atomic E-state index is 12.4. The van der Waals surface area contributed by atoms with Crippen LogP contribution in [0, 0.1) is 0 Å². The van der Waals surface area contributed by atoms with Crippen molar-refractivity contribution in [3.8, 4) is 11.5 Å². The largest absolute Gasteiger partial charge is 0.418 e. The fraction of sp³-hybridized carbons (Fsp3) is 0.154. The van der Waals surface area contributed by atoms with E-state index >= 15 is 0 Å². The van der Waals surface area contributed by atoms with Gasteiger partial charge in [0.15, 0.2) is 0 Å². The zero-order chi connectivity index (χ0) is 15.0. The average Bonchev–Trinajstić information content (AvgIpc) is 2.80. The zero-order valence-corrected chi connectivity index (χ0v) is 11.1. The molecule has 0 aliphatic carbocycles. The summed E-state index contributed by atoms with van der Waals surface area (Å²) in [5, 5.41) is 0.333. The monoisotopic (exact) mass is 313 g/mol. The van der Waals surface area contributed by atoms with E-state index in [1.165, 1.54) is 18.5 Å². The molecule has 3 aromatic rings. The van der Waals surface area contributed by atoms with E-state index in [1.54, 1.807) is 6.07 Å². The van der Waals surface area contributed by atoms with Crippen LogP contribution in [0.2, 0.25) is 5.02 Å². The summed E-state index contributed by atoms with van der Waals surface area (Å²) in [5.74, 6) is 0.189. The lowest BCUT2D eigenvalue weighted by atomic mass is 10.2. The van der Waals surface area contributed by atoms with E-state index in [0.717, 1.165) is 6.20 Å². The molecule has 108 valence electrons. The van der Waals surface area contributed by atoms with Gasteiger partial charge in [-0.1, -0.05) is 11.6 Å². The van der Waals surface area contributed by atoms with Crippen LogP contribution in [0.4, 0.5) is 13.2 Å². The molecule has 0 amide bonds. The number of hydrogen-bond acceptors (Lipinski definition) is 4. The Labute approximate surface area is 121 Å². The minimum absolute atomic E-state index is 0.0238. The molecule has 0 spiro atoms. The molecule has 0 unspecified atom stereocenters. The second kappa shape index (κ2) is 5.00. The van der Waals surface area contributed by atoms with Crippen molar-refractivity contribution < 1.29 is 17.6 Å². The summed E-state index contributed by atoms with van der Waals surface area (Å²) in [7, 11) is 0. The molecule has 0 aliphatic heterocycles. The third kappa shape index (κ3) is 2.97. The highest BCUT2D eigenvalue weighted by molar-refractivity contribution is 6.33. The number of hydrogen-bond donors (Lipinski definition) is 0. The number of halogens is 4. The summed E-state index contributed by atoms with van der Waals surface area (Å²) >= 11 is 5.97. The Morgan fingerprint density at radius 1 is 1.24 bits per heavy atom. The molecule has 0 aliphatic rings. The molecule has 0 saturated carbocycles. The van der Waals surface area contributed by atoms with Gasteiger partial charge in [-0.2, -0.15) is 13.2 Å². The number of rotatable bonds is 2. The maximum atomic E-state index is 12.4. The van der Waals surface area contributed by atoms with Crippen LogP contribution in [-0.2, 0) is 6.42 Å². The summed E-state index contributed by atoms with van der Waals surface area (Å²) in [6.07, 6.45) is -1.30. The van der Waals surface area contributed by atoms with Crippen molar-refractivity contribution in [2.45, 2.75) is 12.6 Å². The SMILES string of the molecule is FC(F)(F)Cc1cnc2oc(-c3ccncc3Cl)nc2c1. The van der Waals surface area contributed by atoms with Gasteiger partial charge in [-0.05, 0) is 17.7 Å². The van der Waals surface area contributed by atoms with Crippen LogP contribution in [0.15, 0.2) is 35.1 Å². The first-order valence-corrected chi connectivity index (χ1v) is 6.22. The maximum Gasteiger partial charge on any atom is 0.393 e. The van der Waals surface area contributed by atoms with Crippen molar-refractivity contribution in [2.75, 3.05) is 0 Å². The molecule has 0 saturated heterocycles. The van der Waals surface area contributed by atoms with E-state index in [2.05, 4.69) is 15.0 Å². The number of fused-ring (bicyclic) bond motifs is 1. The molecule has 0 radical (unpaired) electrons.